The Hall–Kier alpha value is -3.52. The number of sulfonamides is 1. The minimum atomic E-state index is -3.77. The summed E-state index contributed by atoms with van der Waals surface area (Å²) in [7, 11) is -2.23. The van der Waals surface area contributed by atoms with Crippen LogP contribution in [0.25, 0.3) is 0 Å². The number of hydrogen-bond acceptors (Lipinski definition) is 5. The van der Waals surface area contributed by atoms with Gasteiger partial charge in [-0.1, -0.05) is 12.1 Å². The van der Waals surface area contributed by atoms with Gasteiger partial charge < -0.3 is 14.8 Å². The van der Waals surface area contributed by atoms with Crippen LogP contribution < -0.4 is 19.5 Å². The van der Waals surface area contributed by atoms with E-state index in [1.54, 1.807) is 37.3 Å². The maximum atomic E-state index is 12.6. The lowest BCUT2D eigenvalue weighted by Gasteiger charge is -2.15. The lowest BCUT2D eigenvalue weighted by molar-refractivity contribution is -0.122. The molecule has 0 aromatic heterocycles. The van der Waals surface area contributed by atoms with Crippen LogP contribution in [-0.2, 0) is 14.8 Å². The van der Waals surface area contributed by atoms with Crippen LogP contribution in [0, 0.1) is 6.92 Å². The molecule has 0 saturated heterocycles. The number of amides is 1. The van der Waals surface area contributed by atoms with Crippen molar-refractivity contribution < 1.29 is 22.7 Å². The number of ether oxygens (including phenoxy) is 2. The number of carbonyl (C=O) groups is 1. The highest BCUT2D eigenvalue weighted by atomic mass is 32.2. The van der Waals surface area contributed by atoms with Crippen molar-refractivity contribution in [3.05, 3.63) is 78.4 Å². The first-order valence-corrected chi connectivity index (χ1v) is 11.1. The first-order valence-electron chi connectivity index (χ1n) is 9.58. The Labute approximate surface area is 182 Å². The smallest absolute Gasteiger partial charge is 0.265 e. The number of rotatable bonds is 8. The van der Waals surface area contributed by atoms with Crippen LogP contribution in [0.1, 0.15) is 12.5 Å². The van der Waals surface area contributed by atoms with Crippen molar-refractivity contribution in [3.63, 3.8) is 0 Å². The molecule has 2 N–H and O–H groups in total. The zero-order valence-electron chi connectivity index (χ0n) is 17.5. The van der Waals surface area contributed by atoms with Gasteiger partial charge in [-0.3, -0.25) is 9.52 Å². The molecule has 8 heteroatoms. The SMILES string of the molecule is COc1ccc(NS(=O)(=O)c2ccc(NC(=O)[C@H](C)Oc3cccc(C)c3)cc2)cc1. The molecular formula is C23H24N2O5S. The summed E-state index contributed by atoms with van der Waals surface area (Å²) in [5, 5.41) is 2.72. The molecule has 0 heterocycles. The molecular weight excluding hydrogens is 416 g/mol. The molecule has 0 radical (unpaired) electrons. The van der Waals surface area contributed by atoms with Crippen LogP contribution in [0.15, 0.2) is 77.7 Å². The van der Waals surface area contributed by atoms with Gasteiger partial charge in [0, 0.05) is 11.4 Å². The van der Waals surface area contributed by atoms with E-state index in [0.717, 1.165) is 5.56 Å². The Morgan fingerprint density at radius 2 is 1.55 bits per heavy atom. The second-order valence-electron chi connectivity index (χ2n) is 6.92. The fourth-order valence-electron chi connectivity index (χ4n) is 2.78. The first-order chi connectivity index (χ1) is 14.8. The van der Waals surface area contributed by atoms with Gasteiger partial charge in [0.2, 0.25) is 0 Å². The van der Waals surface area contributed by atoms with Crippen LogP contribution in [0.5, 0.6) is 11.5 Å². The van der Waals surface area contributed by atoms with Gasteiger partial charge in [-0.25, -0.2) is 8.42 Å². The Kier molecular flexibility index (Phi) is 6.81. The largest absolute Gasteiger partial charge is 0.497 e. The van der Waals surface area contributed by atoms with Crippen LogP contribution in [0.4, 0.5) is 11.4 Å². The standard InChI is InChI=1S/C23H24N2O5S/c1-16-5-4-6-21(15-16)30-17(2)23(26)24-18-9-13-22(14-10-18)31(27,28)25-19-7-11-20(29-3)12-8-19/h4-15,17,25H,1-3H3,(H,24,26)/t17-/m0/s1. The van der Waals surface area contributed by atoms with Gasteiger partial charge in [0.15, 0.2) is 6.10 Å². The van der Waals surface area contributed by atoms with Crippen molar-refractivity contribution in [3.8, 4) is 11.5 Å². The van der Waals surface area contributed by atoms with Crippen LogP contribution >= 0.6 is 0 Å². The third-order valence-electron chi connectivity index (χ3n) is 4.45. The van der Waals surface area contributed by atoms with E-state index in [1.807, 2.05) is 25.1 Å². The molecule has 0 aliphatic rings. The lowest BCUT2D eigenvalue weighted by atomic mass is 10.2. The number of methoxy groups -OCH3 is 1. The molecule has 3 rings (SSSR count). The summed E-state index contributed by atoms with van der Waals surface area (Å²) >= 11 is 0. The number of benzene rings is 3. The summed E-state index contributed by atoms with van der Waals surface area (Å²) in [6.45, 7) is 3.59. The second kappa shape index (κ2) is 9.53. The van der Waals surface area contributed by atoms with Crippen LogP contribution in [-0.4, -0.2) is 27.5 Å². The van der Waals surface area contributed by atoms with Crippen molar-refractivity contribution in [2.75, 3.05) is 17.1 Å². The summed E-state index contributed by atoms with van der Waals surface area (Å²) in [5.41, 5.74) is 1.92. The summed E-state index contributed by atoms with van der Waals surface area (Å²) in [4.78, 5) is 12.5. The monoisotopic (exact) mass is 440 g/mol. The van der Waals surface area contributed by atoms with Gasteiger partial charge >= 0.3 is 0 Å². The molecule has 31 heavy (non-hydrogen) atoms. The normalized spacial score (nSPS) is 12.0. The van der Waals surface area contributed by atoms with Crippen molar-refractivity contribution >= 4 is 27.3 Å². The minimum absolute atomic E-state index is 0.0744. The van der Waals surface area contributed by atoms with E-state index in [9.17, 15) is 13.2 Å². The number of carbonyl (C=O) groups excluding carboxylic acids is 1. The van der Waals surface area contributed by atoms with E-state index >= 15 is 0 Å². The van der Waals surface area contributed by atoms with E-state index in [-0.39, 0.29) is 10.8 Å². The average Bonchev–Trinajstić information content (AvgIpc) is 2.74. The van der Waals surface area contributed by atoms with Crippen LogP contribution in [0.2, 0.25) is 0 Å². The van der Waals surface area contributed by atoms with Crippen molar-refractivity contribution in [1.82, 2.24) is 0 Å². The van der Waals surface area contributed by atoms with Gasteiger partial charge in [0.25, 0.3) is 15.9 Å². The topological polar surface area (TPSA) is 93.7 Å². The number of nitrogens with one attached hydrogen (secondary N) is 2. The highest BCUT2D eigenvalue weighted by Gasteiger charge is 2.17. The Morgan fingerprint density at radius 3 is 2.16 bits per heavy atom. The fourth-order valence-corrected chi connectivity index (χ4v) is 3.84. The Bertz CT molecular complexity index is 1140. The van der Waals surface area contributed by atoms with Gasteiger partial charge in [0.05, 0.1) is 12.0 Å². The van der Waals surface area contributed by atoms with E-state index < -0.39 is 16.1 Å². The van der Waals surface area contributed by atoms with E-state index in [1.165, 1.54) is 31.4 Å². The molecule has 162 valence electrons. The predicted octanol–water partition coefficient (Wildman–Crippen LogP) is 4.21. The molecule has 3 aromatic carbocycles. The molecule has 0 spiro atoms. The molecule has 0 fully saturated rings. The van der Waals surface area contributed by atoms with Crippen molar-refractivity contribution in [1.29, 1.82) is 0 Å². The van der Waals surface area contributed by atoms with Crippen LogP contribution in [0.3, 0.4) is 0 Å². The molecule has 0 aliphatic carbocycles. The fraction of sp³-hybridized carbons (Fsp3) is 0.174. The number of hydrogen-bond donors (Lipinski definition) is 2. The number of anilines is 2. The van der Waals surface area contributed by atoms with Gasteiger partial charge in [-0.05, 0) is 80.1 Å². The van der Waals surface area contributed by atoms with Gasteiger partial charge in [0.1, 0.15) is 11.5 Å². The minimum Gasteiger partial charge on any atom is -0.497 e. The Balaban J connectivity index is 1.62. The highest BCUT2D eigenvalue weighted by Crippen LogP contribution is 2.21. The second-order valence-corrected chi connectivity index (χ2v) is 8.61. The third-order valence-corrected chi connectivity index (χ3v) is 5.84. The molecule has 3 aromatic rings. The number of aryl methyl sites for hydroxylation is 1. The molecule has 0 unspecified atom stereocenters. The van der Waals surface area contributed by atoms with Crippen molar-refractivity contribution in [2.24, 2.45) is 0 Å². The van der Waals surface area contributed by atoms with E-state index in [4.69, 9.17) is 9.47 Å². The maximum absolute atomic E-state index is 12.6. The average molecular weight is 441 g/mol. The summed E-state index contributed by atoms with van der Waals surface area (Å²) in [5.74, 6) is 0.894. The molecule has 1 amide bonds. The van der Waals surface area contributed by atoms with Gasteiger partial charge in [-0.15, -0.1) is 0 Å². The zero-order chi connectivity index (χ0) is 22.4. The van der Waals surface area contributed by atoms with E-state index in [2.05, 4.69) is 10.0 Å². The summed E-state index contributed by atoms with van der Waals surface area (Å²) in [6, 6.07) is 19.9. The maximum Gasteiger partial charge on any atom is 0.265 e. The molecule has 0 bridgehead atoms. The molecule has 1 atom stereocenters. The lowest BCUT2D eigenvalue weighted by Crippen LogP contribution is -2.30. The summed E-state index contributed by atoms with van der Waals surface area (Å²) < 4.78 is 38.4. The first kappa shape index (κ1) is 22.2. The molecule has 7 nitrogen and oxygen atoms in total. The molecule has 0 aliphatic heterocycles. The van der Waals surface area contributed by atoms with E-state index in [0.29, 0.717) is 22.9 Å². The Morgan fingerprint density at radius 1 is 0.903 bits per heavy atom. The third kappa shape index (κ3) is 5.99. The van der Waals surface area contributed by atoms with Crippen molar-refractivity contribution in [2.45, 2.75) is 24.8 Å². The highest BCUT2D eigenvalue weighted by molar-refractivity contribution is 7.92. The summed E-state index contributed by atoms with van der Waals surface area (Å²) in [6.07, 6.45) is -0.720. The van der Waals surface area contributed by atoms with Gasteiger partial charge in [-0.2, -0.15) is 0 Å². The predicted molar refractivity (Wildman–Crippen MR) is 120 cm³/mol. The zero-order valence-corrected chi connectivity index (χ0v) is 18.3. The quantitative estimate of drug-likeness (QED) is 0.547. The molecule has 0 saturated carbocycles.